The van der Waals surface area contributed by atoms with Gasteiger partial charge in [0, 0.05) is 18.9 Å². The smallest absolute Gasteiger partial charge is 0.242 e. The summed E-state index contributed by atoms with van der Waals surface area (Å²) in [5.74, 6) is 1.07. The zero-order chi connectivity index (χ0) is 13.8. The summed E-state index contributed by atoms with van der Waals surface area (Å²) >= 11 is 0. The minimum Gasteiger partial charge on any atom is -0.357 e. The first kappa shape index (κ1) is 13.3. The third-order valence-electron chi connectivity index (χ3n) is 2.76. The molecule has 1 amide bonds. The Labute approximate surface area is 112 Å². The van der Waals surface area contributed by atoms with Gasteiger partial charge in [-0.05, 0) is 18.9 Å². The average molecular weight is 261 g/mol. The molecule has 0 fully saturated rings. The Morgan fingerprint density at radius 2 is 2.16 bits per heavy atom. The highest BCUT2D eigenvalue weighted by Gasteiger charge is 2.14. The van der Waals surface area contributed by atoms with Crippen LogP contribution >= 0.6 is 0 Å². The van der Waals surface area contributed by atoms with Gasteiger partial charge < -0.3 is 10.6 Å². The SMILES string of the molecule is CC(C)CNC(=O)C(C)Nc1nccn2nccc12. The minimum absolute atomic E-state index is 0.0305. The molecule has 6 nitrogen and oxygen atoms in total. The van der Waals surface area contributed by atoms with E-state index in [0.29, 0.717) is 18.3 Å². The molecule has 2 aromatic rings. The van der Waals surface area contributed by atoms with E-state index in [9.17, 15) is 4.79 Å². The van der Waals surface area contributed by atoms with Gasteiger partial charge in [-0.15, -0.1) is 0 Å². The van der Waals surface area contributed by atoms with E-state index in [-0.39, 0.29) is 11.9 Å². The first-order valence-corrected chi connectivity index (χ1v) is 6.40. The van der Waals surface area contributed by atoms with E-state index in [1.807, 2.05) is 13.0 Å². The number of rotatable bonds is 5. The van der Waals surface area contributed by atoms with Gasteiger partial charge in [-0.1, -0.05) is 13.8 Å². The van der Waals surface area contributed by atoms with Gasteiger partial charge >= 0.3 is 0 Å². The normalized spacial score (nSPS) is 12.6. The summed E-state index contributed by atoms with van der Waals surface area (Å²) in [5, 5.41) is 10.1. The van der Waals surface area contributed by atoms with Gasteiger partial charge in [0.1, 0.15) is 11.6 Å². The molecular formula is C13H19N5O. The fourth-order valence-electron chi connectivity index (χ4n) is 1.70. The van der Waals surface area contributed by atoms with Crippen LogP contribution in [0.25, 0.3) is 5.52 Å². The van der Waals surface area contributed by atoms with Crippen LogP contribution in [0.2, 0.25) is 0 Å². The van der Waals surface area contributed by atoms with Crippen LogP contribution in [0.5, 0.6) is 0 Å². The lowest BCUT2D eigenvalue weighted by Crippen LogP contribution is -2.39. The third-order valence-corrected chi connectivity index (χ3v) is 2.76. The zero-order valence-electron chi connectivity index (χ0n) is 11.4. The van der Waals surface area contributed by atoms with Crippen molar-refractivity contribution in [3.63, 3.8) is 0 Å². The molecular weight excluding hydrogens is 242 g/mol. The van der Waals surface area contributed by atoms with Crippen LogP contribution in [0.15, 0.2) is 24.7 Å². The molecule has 19 heavy (non-hydrogen) atoms. The molecule has 1 atom stereocenters. The van der Waals surface area contributed by atoms with Crippen LogP contribution in [-0.2, 0) is 4.79 Å². The number of anilines is 1. The topological polar surface area (TPSA) is 71.3 Å². The second-order valence-electron chi connectivity index (χ2n) is 4.94. The molecule has 0 aromatic carbocycles. The first-order valence-electron chi connectivity index (χ1n) is 6.40. The van der Waals surface area contributed by atoms with Crippen LogP contribution in [-0.4, -0.2) is 33.1 Å². The average Bonchev–Trinajstić information content (AvgIpc) is 2.85. The monoisotopic (exact) mass is 261 g/mol. The number of carbonyl (C=O) groups is 1. The van der Waals surface area contributed by atoms with E-state index < -0.39 is 0 Å². The van der Waals surface area contributed by atoms with Crippen LogP contribution in [0, 0.1) is 5.92 Å². The van der Waals surface area contributed by atoms with Crippen LogP contribution in [0.4, 0.5) is 5.82 Å². The van der Waals surface area contributed by atoms with Gasteiger partial charge in [-0.2, -0.15) is 5.10 Å². The highest BCUT2D eigenvalue weighted by Crippen LogP contribution is 2.13. The number of amides is 1. The predicted octanol–water partition coefficient (Wildman–Crippen LogP) is 1.30. The summed E-state index contributed by atoms with van der Waals surface area (Å²) in [6.07, 6.45) is 5.12. The second-order valence-corrected chi connectivity index (χ2v) is 4.94. The summed E-state index contributed by atoms with van der Waals surface area (Å²) in [7, 11) is 0. The molecule has 0 aliphatic carbocycles. The number of carbonyl (C=O) groups excluding carboxylic acids is 1. The maximum atomic E-state index is 11.9. The highest BCUT2D eigenvalue weighted by atomic mass is 16.2. The number of fused-ring (bicyclic) bond motifs is 1. The summed E-state index contributed by atoms with van der Waals surface area (Å²) in [6.45, 7) is 6.62. The highest BCUT2D eigenvalue weighted by molar-refractivity contribution is 5.85. The van der Waals surface area contributed by atoms with Crippen molar-refractivity contribution >= 4 is 17.2 Å². The lowest BCUT2D eigenvalue weighted by molar-refractivity contribution is -0.121. The Hall–Kier alpha value is -2.11. The van der Waals surface area contributed by atoms with Gasteiger partial charge in [0.25, 0.3) is 0 Å². The third kappa shape index (κ3) is 3.21. The standard InChI is InChI=1S/C13H19N5O/c1-9(2)8-15-13(19)10(3)17-12-11-4-5-16-18(11)7-6-14-12/h4-7,9-10H,8H2,1-3H3,(H,14,17)(H,15,19). The van der Waals surface area contributed by atoms with Gasteiger partial charge in [0.05, 0.1) is 6.20 Å². The molecule has 1 unspecified atom stereocenters. The van der Waals surface area contributed by atoms with Crippen molar-refractivity contribution in [1.82, 2.24) is 19.9 Å². The zero-order valence-corrected chi connectivity index (χ0v) is 11.4. The molecule has 2 rings (SSSR count). The fourth-order valence-corrected chi connectivity index (χ4v) is 1.70. The van der Waals surface area contributed by atoms with Gasteiger partial charge in [-0.25, -0.2) is 9.50 Å². The van der Waals surface area contributed by atoms with Crippen LogP contribution in [0.3, 0.4) is 0 Å². The number of aromatic nitrogens is 3. The Bertz CT molecular complexity index is 563. The largest absolute Gasteiger partial charge is 0.357 e. The maximum absolute atomic E-state index is 11.9. The Balaban J connectivity index is 2.04. The molecule has 2 aromatic heterocycles. The summed E-state index contributed by atoms with van der Waals surface area (Å²) in [6, 6.07) is 1.51. The Morgan fingerprint density at radius 3 is 2.89 bits per heavy atom. The lowest BCUT2D eigenvalue weighted by Gasteiger charge is -2.16. The quantitative estimate of drug-likeness (QED) is 0.851. The fraction of sp³-hybridized carbons (Fsp3) is 0.462. The van der Waals surface area contributed by atoms with Crippen LogP contribution < -0.4 is 10.6 Å². The number of hydrogen-bond donors (Lipinski definition) is 2. The lowest BCUT2D eigenvalue weighted by atomic mass is 10.2. The van der Waals surface area contributed by atoms with Crippen molar-refractivity contribution in [2.75, 3.05) is 11.9 Å². The molecule has 0 aliphatic heterocycles. The van der Waals surface area contributed by atoms with E-state index in [1.54, 1.807) is 23.1 Å². The van der Waals surface area contributed by atoms with Gasteiger partial charge in [0.15, 0.2) is 5.82 Å². The summed E-state index contributed by atoms with van der Waals surface area (Å²) in [4.78, 5) is 16.1. The van der Waals surface area contributed by atoms with E-state index in [2.05, 4.69) is 34.6 Å². The van der Waals surface area contributed by atoms with E-state index in [0.717, 1.165) is 5.52 Å². The first-order chi connectivity index (χ1) is 9.08. The van der Waals surface area contributed by atoms with Crippen molar-refractivity contribution in [2.45, 2.75) is 26.8 Å². The van der Waals surface area contributed by atoms with Crippen molar-refractivity contribution in [2.24, 2.45) is 5.92 Å². The molecule has 0 saturated carbocycles. The molecule has 0 saturated heterocycles. The van der Waals surface area contributed by atoms with Crippen molar-refractivity contribution < 1.29 is 4.79 Å². The van der Waals surface area contributed by atoms with E-state index >= 15 is 0 Å². The molecule has 6 heteroatoms. The number of hydrogen-bond acceptors (Lipinski definition) is 4. The molecule has 2 N–H and O–H groups in total. The molecule has 0 aliphatic rings. The summed E-state index contributed by atoms with van der Waals surface area (Å²) < 4.78 is 1.72. The van der Waals surface area contributed by atoms with Gasteiger partial charge in [-0.3, -0.25) is 4.79 Å². The van der Waals surface area contributed by atoms with E-state index in [1.165, 1.54) is 0 Å². The Morgan fingerprint density at radius 1 is 1.37 bits per heavy atom. The van der Waals surface area contributed by atoms with Crippen molar-refractivity contribution in [3.05, 3.63) is 24.7 Å². The summed E-state index contributed by atoms with van der Waals surface area (Å²) in [5.41, 5.74) is 0.853. The van der Waals surface area contributed by atoms with Crippen LogP contribution in [0.1, 0.15) is 20.8 Å². The predicted molar refractivity (Wildman–Crippen MR) is 73.9 cm³/mol. The molecule has 2 heterocycles. The van der Waals surface area contributed by atoms with E-state index in [4.69, 9.17) is 0 Å². The minimum atomic E-state index is -0.340. The molecule has 0 radical (unpaired) electrons. The molecule has 0 bridgehead atoms. The number of nitrogens with one attached hydrogen (secondary N) is 2. The maximum Gasteiger partial charge on any atom is 0.242 e. The molecule has 102 valence electrons. The number of nitrogens with zero attached hydrogens (tertiary/aromatic N) is 3. The van der Waals surface area contributed by atoms with Crippen molar-refractivity contribution in [1.29, 1.82) is 0 Å². The Kier molecular flexibility index (Phi) is 3.99. The van der Waals surface area contributed by atoms with Crippen molar-refractivity contribution in [3.8, 4) is 0 Å². The molecule has 0 spiro atoms. The van der Waals surface area contributed by atoms with Gasteiger partial charge in [0.2, 0.25) is 5.91 Å². The second kappa shape index (κ2) is 5.69.